The van der Waals surface area contributed by atoms with E-state index in [0.29, 0.717) is 5.69 Å². The summed E-state index contributed by atoms with van der Waals surface area (Å²) in [5, 5.41) is 0. The SMILES string of the molecule is COc1ccc(-c2cc(=O)n(CCNS(=O)(=O)c3ccc(I)cc3)cn2)cc1. The van der Waals surface area contributed by atoms with Crippen LogP contribution in [-0.2, 0) is 16.6 Å². The van der Waals surface area contributed by atoms with Crippen LogP contribution >= 0.6 is 22.6 Å². The van der Waals surface area contributed by atoms with Crippen LogP contribution in [0.5, 0.6) is 5.75 Å². The minimum atomic E-state index is -3.62. The first-order valence-electron chi connectivity index (χ1n) is 8.35. The zero-order valence-electron chi connectivity index (χ0n) is 15.0. The molecule has 0 amide bonds. The van der Waals surface area contributed by atoms with E-state index in [0.717, 1.165) is 14.9 Å². The molecule has 0 aliphatic heterocycles. The maximum absolute atomic E-state index is 12.3. The molecule has 0 aliphatic rings. The molecule has 0 bridgehead atoms. The van der Waals surface area contributed by atoms with Crippen LogP contribution < -0.4 is 15.0 Å². The van der Waals surface area contributed by atoms with Gasteiger partial charge in [-0.1, -0.05) is 0 Å². The third-order valence-corrected chi connectivity index (χ3v) is 6.23. The molecule has 0 saturated carbocycles. The highest BCUT2D eigenvalue weighted by atomic mass is 127. The van der Waals surface area contributed by atoms with Gasteiger partial charge >= 0.3 is 0 Å². The highest BCUT2D eigenvalue weighted by Crippen LogP contribution is 2.19. The van der Waals surface area contributed by atoms with E-state index in [9.17, 15) is 13.2 Å². The van der Waals surface area contributed by atoms with E-state index >= 15 is 0 Å². The number of hydrogen-bond donors (Lipinski definition) is 1. The molecule has 1 N–H and O–H groups in total. The lowest BCUT2D eigenvalue weighted by molar-refractivity contribution is 0.415. The lowest BCUT2D eigenvalue weighted by atomic mass is 10.1. The monoisotopic (exact) mass is 511 g/mol. The van der Waals surface area contributed by atoms with Gasteiger partial charge in [0, 0.05) is 28.3 Å². The fourth-order valence-corrected chi connectivity index (χ4v) is 3.89. The minimum Gasteiger partial charge on any atom is -0.497 e. The summed E-state index contributed by atoms with van der Waals surface area (Å²) >= 11 is 2.11. The normalized spacial score (nSPS) is 11.4. The highest BCUT2D eigenvalue weighted by Gasteiger charge is 2.13. The van der Waals surface area contributed by atoms with Gasteiger partial charge in [0.2, 0.25) is 10.0 Å². The standard InChI is InChI=1S/C19H18IN3O4S/c1-27-16-6-2-14(3-7-16)18-12-19(24)23(13-21-18)11-10-22-28(25,26)17-8-4-15(20)5-9-17/h2-9,12-13,22H,10-11H2,1H3. The maximum atomic E-state index is 12.3. The molecule has 1 aromatic heterocycles. The van der Waals surface area contributed by atoms with Crippen molar-refractivity contribution >= 4 is 32.6 Å². The van der Waals surface area contributed by atoms with Crippen molar-refractivity contribution in [2.75, 3.05) is 13.7 Å². The summed E-state index contributed by atoms with van der Waals surface area (Å²) < 4.78 is 34.5. The van der Waals surface area contributed by atoms with E-state index < -0.39 is 10.0 Å². The van der Waals surface area contributed by atoms with Crippen molar-refractivity contribution < 1.29 is 13.2 Å². The van der Waals surface area contributed by atoms with Gasteiger partial charge in [-0.05, 0) is 71.1 Å². The minimum absolute atomic E-state index is 0.0811. The molecule has 3 rings (SSSR count). The number of rotatable bonds is 7. The molecule has 3 aromatic rings. The van der Waals surface area contributed by atoms with Crippen LogP contribution in [0.1, 0.15) is 0 Å². The predicted octanol–water partition coefficient (Wildman–Crippen LogP) is 2.50. The third-order valence-electron chi connectivity index (χ3n) is 4.03. The van der Waals surface area contributed by atoms with Crippen LogP contribution in [0.25, 0.3) is 11.3 Å². The van der Waals surface area contributed by atoms with Crippen molar-refractivity contribution in [2.45, 2.75) is 11.4 Å². The Morgan fingerprint density at radius 2 is 1.79 bits per heavy atom. The van der Waals surface area contributed by atoms with Gasteiger partial charge in [-0.25, -0.2) is 18.1 Å². The summed E-state index contributed by atoms with van der Waals surface area (Å²) in [4.78, 5) is 16.8. The Kier molecular flexibility index (Phi) is 6.47. The van der Waals surface area contributed by atoms with E-state index in [4.69, 9.17) is 4.74 Å². The predicted molar refractivity (Wildman–Crippen MR) is 115 cm³/mol. The average molecular weight is 511 g/mol. The number of nitrogens with zero attached hydrogens (tertiary/aromatic N) is 2. The first-order chi connectivity index (χ1) is 13.4. The number of halogens is 1. The Labute approximate surface area is 176 Å². The molecule has 7 nitrogen and oxygen atoms in total. The smallest absolute Gasteiger partial charge is 0.253 e. The van der Waals surface area contributed by atoms with E-state index in [1.54, 1.807) is 43.5 Å². The van der Waals surface area contributed by atoms with Crippen molar-refractivity contribution in [1.82, 2.24) is 14.3 Å². The van der Waals surface area contributed by atoms with Gasteiger partial charge in [0.25, 0.3) is 5.56 Å². The molecule has 0 atom stereocenters. The van der Waals surface area contributed by atoms with E-state index in [2.05, 4.69) is 32.3 Å². The first-order valence-corrected chi connectivity index (χ1v) is 10.9. The lowest BCUT2D eigenvalue weighted by Crippen LogP contribution is -2.30. The molecule has 0 fully saturated rings. The summed E-state index contributed by atoms with van der Waals surface area (Å²) in [5.74, 6) is 0.720. The Morgan fingerprint density at radius 1 is 1.11 bits per heavy atom. The van der Waals surface area contributed by atoms with Gasteiger partial charge in [0.1, 0.15) is 5.75 Å². The van der Waals surface area contributed by atoms with Gasteiger partial charge in [-0.15, -0.1) is 0 Å². The quantitative estimate of drug-likeness (QED) is 0.493. The molecule has 9 heteroatoms. The molecule has 28 heavy (non-hydrogen) atoms. The number of sulfonamides is 1. The molecule has 0 saturated heterocycles. The molecular formula is C19H18IN3O4S. The molecule has 0 spiro atoms. The first kappa shape index (κ1) is 20.5. The number of methoxy groups -OCH3 is 1. The topological polar surface area (TPSA) is 90.3 Å². The van der Waals surface area contributed by atoms with Crippen LogP contribution in [0.3, 0.4) is 0 Å². The number of hydrogen-bond acceptors (Lipinski definition) is 5. The number of aromatic nitrogens is 2. The van der Waals surface area contributed by atoms with Gasteiger partial charge in [-0.2, -0.15) is 0 Å². The summed E-state index contributed by atoms with van der Waals surface area (Å²) in [7, 11) is -2.03. The Hall–Kier alpha value is -2.24. The molecule has 0 radical (unpaired) electrons. The second-order valence-corrected chi connectivity index (χ2v) is 8.90. The maximum Gasteiger partial charge on any atom is 0.253 e. The molecule has 1 heterocycles. The molecule has 0 aliphatic carbocycles. The zero-order valence-corrected chi connectivity index (χ0v) is 18.0. The number of nitrogens with one attached hydrogen (secondary N) is 1. The molecule has 0 unspecified atom stereocenters. The van der Waals surface area contributed by atoms with E-state index in [1.807, 2.05) is 12.1 Å². The van der Waals surface area contributed by atoms with Crippen molar-refractivity contribution in [2.24, 2.45) is 0 Å². The van der Waals surface area contributed by atoms with Crippen LogP contribution in [-0.4, -0.2) is 31.6 Å². The van der Waals surface area contributed by atoms with Crippen LogP contribution in [0.4, 0.5) is 0 Å². The lowest BCUT2D eigenvalue weighted by Gasteiger charge is -2.09. The fraction of sp³-hybridized carbons (Fsp3) is 0.158. The molecule has 2 aromatic carbocycles. The summed E-state index contributed by atoms with van der Waals surface area (Å²) in [6.45, 7) is 0.260. The molecular weight excluding hydrogens is 493 g/mol. The van der Waals surface area contributed by atoms with E-state index in [1.165, 1.54) is 17.0 Å². The van der Waals surface area contributed by atoms with Crippen molar-refractivity contribution in [1.29, 1.82) is 0 Å². The van der Waals surface area contributed by atoms with Gasteiger partial charge in [0.15, 0.2) is 0 Å². The van der Waals surface area contributed by atoms with Crippen molar-refractivity contribution in [3.63, 3.8) is 0 Å². The summed E-state index contributed by atoms with van der Waals surface area (Å²) in [5.41, 5.74) is 1.09. The number of ether oxygens (including phenoxy) is 1. The van der Waals surface area contributed by atoms with Crippen LogP contribution in [0.15, 0.2) is 70.6 Å². The Bertz CT molecular complexity index is 1110. The summed E-state index contributed by atoms with van der Waals surface area (Å²) in [6.07, 6.45) is 1.42. The van der Waals surface area contributed by atoms with Crippen LogP contribution in [0.2, 0.25) is 0 Å². The largest absolute Gasteiger partial charge is 0.497 e. The van der Waals surface area contributed by atoms with Crippen LogP contribution in [0, 0.1) is 3.57 Å². The second kappa shape index (κ2) is 8.84. The fourth-order valence-electron chi connectivity index (χ4n) is 2.51. The Morgan fingerprint density at radius 3 is 2.39 bits per heavy atom. The van der Waals surface area contributed by atoms with Crippen molar-refractivity contribution in [3.8, 4) is 17.0 Å². The van der Waals surface area contributed by atoms with Gasteiger partial charge in [-0.3, -0.25) is 9.36 Å². The third kappa shape index (κ3) is 4.97. The van der Waals surface area contributed by atoms with Gasteiger partial charge < -0.3 is 4.74 Å². The van der Waals surface area contributed by atoms with Crippen molar-refractivity contribution in [3.05, 3.63) is 74.8 Å². The highest BCUT2D eigenvalue weighted by molar-refractivity contribution is 14.1. The summed E-state index contributed by atoms with van der Waals surface area (Å²) in [6, 6.07) is 15.2. The van der Waals surface area contributed by atoms with Gasteiger partial charge in [0.05, 0.1) is 24.0 Å². The Balaban J connectivity index is 1.66. The number of benzene rings is 2. The molecule has 146 valence electrons. The average Bonchev–Trinajstić information content (AvgIpc) is 2.69. The second-order valence-electron chi connectivity index (χ2n) is 5.89. The zero-order chi connectivity index (χ0) is 20.1. The van der Waals surface area contributed by atoms with E-state index in [-0.39, 0.29) is 23.5 Å².